The third-order valence-electron chi connectivity index (χ3n) is 2.43. The second kappa shape index (κ2) is 6.68. The molecule has 1 aromatic heterocycles. The first kappa shape index (κ1) is 14.1. The first-order valence-corrected chi connectivity index (χ1v) is 6.45. The number of aromatic nitrogens is 1. The molecule has 0 aromatic carbocycles. The van der Waals surface area contributed by atoms with E-state index < -0.39 is 5.97 Å². The topological polar surface area (TPSA) is 73.7 Å². The summed E-state index contributed by atoms with van der Waals surface area (Å²) in [5.41, 5.74) is 0.777. The van der Waals surface area contributed by atoms with E-state index in [9.17, 15) is 4.79 Å². The molecule has 6 heteroatoms. The predicted octanol–water partition coefficient (Wildman–Crippen LogP) is 1.43. The van der Waals surface area contributed by atoms with Crippen molar-refractivity contribution in [2.45, 2.75) is 32.9 Å². The lowest BCUT2D eigenvalue weighted by Gasteiger charge is -2.25. The van der Waals surface area contributed by atoms with E-state index in [-0.39, 0.29) is 11.6 Å². The van der Waals surface area contributed by atoms with E-state index in [1.807, 2.05) is 0 Å². The van der Waals surface area contributed by atoms with Gasteiger partial charge in [0.15, 0.2) is 0 Å². The van der Waals surface area contributed by atoms with Crippen LogP contribution in [0.2, 0.25) is 0 Å². The van der Waals surface area contributed by atoms with Crippen LogP contribution in [0.25, 0.3) is 0 Å². The first-order valence-electron chi connectivity index (χ1n) is 5.57. The molecule has 0 saturated heterocycles. The number of carboxylic acids is 1. The summed E-state index contributed by atoms with van der Waals surface area (Å²) in [7, 11) is 0. The standard InChI is InChI=1S/C11H18N2O3S/c1-8(2)13(4-3-5-14)6-9-7-17-10(12-9)11(15)16/h7-8,14H,3-6H2,1-2H3,(H,15,16). The van der Waals surface area contributed by atoms with Crippen LogP contribution in [-0.2, 0) is 6.54 Å². The monoisotopic (exact) mass is 258 g/mol. The zero-order chi connectivity index (χ0) is 12.8. The summed E-state index contributed by atoms with van der Waals surface area (Å²) in [4.78, 5) is 16.9. The van der Waals surface area contributed by atoms with Gasteiger partial charge in [-0.05, 0) is 20.3 Å². The Labute approximate surface area is 105 Å². The summed E-state index contributed by atoms with van der Waals surface area (Å²) in [5, 5.41) is 19.5. The molecule has 0 spiro atoms. The third kappa shape index (κ3) is 4.41. The predicted molar refractivity (Wildman–Crippen MR) is 66.3 cm³/mol. The summed E-state index contributed by atoms with van der Waals surface area (Å²) in [6.45, 7) is 5.72. The van der Waals surface area contributed by atoms with Crippen LogP contribution in [0, 0.1) is 0 Å². The number of aliphatic hydroxyl groups is 1. The van der Waals surface area contributed by atoms with Gasteiger partial charge in [0.05, 0.1) is 5.69 Å². The second-order valence-corrected chi connectivity index (χ2v) is 4.95. The lowest BCUT2D eigenvalue weighted by atomic mass is 10.2. The Bertz CT molecular complexity index is 365. The van der Waals surface area contributed by atoms with Crippen LogP contribution in [0.1, 0.15) is 35.8 Å². The highest BCUT2D eigenvalue weighted by atomic mass is 32.1. The highest BCUT2D eigenvalue weighted by Gasteiger charge is 2.14. The Hall–Kier alpha value is -0.980. The molecular weight excluding hydrogens is 240 g/mol. The highest BCUT2D eigenvalue weighted by molar-refractivity contribution is 7.11. The number of rotatable bonds is 7. The van der Waals surface area contributed by atoms with E-state index in [1.54, 1.807) is 5.38 Å². The molecule has 17 heavy (non-hydrogen) atoms. The van der Waals surface area contributed by atoms with Crippen LogP contribution >= 0.6 is 11.3 Å². The minimum atomic E-state index is -0.979. The number of hydrogen-bond acceptors (Lipinski definition) is 5. The Morgan fingerprint density at radius 3 is 2.76 bits per heavy atom. The van der Waals surface area contributed by atoms with Crippen molar-refractivity contribution in [2.24, 2.45) is 0 Å². The quantitative estimate of drug-likeness (QED) is 0.774. The molecule has 1 aromatic rings. The maximum absolute atomic E-state index is 10.7. The van der Waals surface area contributed by atoms with Crippen molar-refractivity contribution in [3.05, 3.63) is 16.1 Å². The number of thiazole rings is 1. The summed E-state index contributed by atoms with van der Waals surface area (Å²) >= 11 is 1.15. The van der Waals surface area contributed by atoms with Crippen molar-refractivity contribution >= 4 is 17.3 Å². The fourth-order valence-electron chi connectivity index (χ4n) is 1.48. The van der Waals surface area contributed by atoms with E-state index in [1.165, 1.54) is 0 Å². The number of carboxylic acid groups (broad SMARTS) is 1. The van der Waals surface area contributed by atoms with Crippen molar-refractivity contribution in [2.75, 3.05) is 13.2 Å². The number of aromatic carboxylic acids is 1. The lowest BCUT2D eigenvalue weighted by Crippen LogP contribution is -2.31. The Morgan fingerprint density at radius 1 is 1.59 bits per heavy atom. The molecule has 0 aliphatic rings. The fourth-order valence-corrected chi connectivity index (χ4v) is 2.13. The molecule has 0 aliphatic heterocycles. The van der Waals surface area contributed by atoms with Crippen molar-refractivity contribution < 1.29 is 15.0 Å². The van der Waals surface area contributed by atoms with Gasteiger partial charge in [0.2, 0.25) is 5.01 Å². The van der Waals surface area contributed by atoms with E-state index in [2.05, 4.69) is 23.7 Å². The van der Waals surface area contributed by atoms with Gasteiger partial charge in [-0.15, -0.1) is 11.3 Å². The van der Waals surface area contributed by atoms with Crippen molar-refractivity contribution in [3.8, 4) is 0 Å². The fraction of sp³-hybridized carbons (Fsp3) is 0.636. The number of hydrogen-bond donors (Lipinski definition) is 2. The largest absolute Gasteiger partial charge is 0.476 e. The van der Waals surface area contributed by atoms with Gasteiger partial charge in [-0.3, -0.25) is 4.90 Å². The van der Waals surface area contributed by atoms with Gasteiger partial charge in [0, 0.05) is 31.1 Å². The first-order chi connectivity index (χ1) is 8.04. The Morgan fingerprint density at radius 2 is 2.29 bits per heavy atom. The molecule has 0 amide bonds. The van der Waals surface area contributed by atoms with Gasteiger partial charge >= 0.3 is 5.97 Å². The molecule has 5 nitrogen and oxygen atoms in total. The van der Waals surface area contributed by atoms with Crippen LogP contribution in [0.5, 0.6) is 0 Å². The van der Waals surface area contributed by atoms with E-state index in [0.29, 0.717) is 19.0 Å². The summed E-state index contributed by atoms with van der Waals surface area (Å²) in [5.74, 6) is -0.979. The molecular formula is C11H18N2O3S. The van der Waals surface area contributed by atoms with Crippen LogP contribution in [-0.4, -0.2) is 45.3 Å². The van der Waals surface area contributed by atoms with Crippen LogP contribution < -0.4 is 0 Å². The van der Waals surface area contributed by atoms with Gasteiger partial charge in [-0.25, -0.2) is 9.78 Å². The van der Waals surface area contributed by atoms with Gasteiger partial charge in [-0.1, -0.05) is 0 Å². The molecule has 2 N–H and O–H groups in total. The van der Waals surface area contributed by atoms with Crippen molar-refractivity contribution in [1.82, 2.24) is 9.88 Å². The van der Waals surface area contributed by atoms with Crippen LogP contribution in [0.4, 0.5) is 0 Å². The lowest BCUT2D eigenvalue weighted by molar-refractivity contribution is 0.0696. The zero-order valence-electron chi connectivity index (χ0n) is 10.1. The smallest absolute Gasteiger partial charge is 0.365 e. The molecule has 96 valence electrons. The maximum atomic E-state index is 10.7. The van der Waals surface area contributed by atoms with Crippen LogP contribution in [0.15, 0.2) is 5.38 Å². The summed E-state index contributed by atoms with van der Waals surface area (Å²) in [6.07, 6.45) is 0.716. The van der Waals surface area contributed by atoms with E-state index >= 15 is 0 Å². The Balaban J connectivity index is 2.61. The normalized spacial score (nSPS) is 11.4. The molecule has 0 radical (unpaired) electrons. The number of nitrogens with zero attached hydrogens (tertiary/aromatic N) is 2. The van der Waals surface area contributed by atoms with E-state index in [4.69, 9.17) is 10.2 Å². The third-order valence-corrected chi connectivity index (χ3v) is 3.31. The molecule has 0 bridgehead atoms. The number of aliphatic hydroxyl groups excluding tert-OH is 1. The Kier molecular flexibility index (Phi) is 5.54. The minimum Gasteiger partial charge on any atom is -0.476 e. The van der Waals surface area contributed by atoms with E-state index in [0.717, 1.165) is 23.6 Å². The molecule has 0 unspecified atom stereocenters. The van der Waals surface area contributed by atoms with Crippen molar-refractivity contribution in [1.29, 1.82) is 0 Å². The molecule has 1 heterocycles. The van der Waals surface area contributed by atoms with Gasteiger partial charge in [-0.2, -0.15) is 0 Å². The average Bonchev–Trinajstić information content (AvgIpc) is 2.72. The van der Waals surface area contributed by atoms with Gasteiger partial charge in [0.25, 0.3) is 0 Å². The highest BCUT2D eigenvalue weighted by Crippen LogP contribution is 2.13. The molecule has 0 saturated carbocycles. The molecule has 0 atom stereocenters. The maximum Gasteiger partial charge on any atom is 0.365 e. The summed E-state index contributed by atoms with van der Waals surface area (Å²) in [6, 6.07) is 0.344. The second-order valence-electron chi connectivity index (χ2n) is 4.09. The number of carbonyl (C=O) groups is 1. The van der Waals surface area contributed by atoms with Crippen molar-refractivity contribution in [3.63, 3.8) is 0 Å². The molecule has 0 fully saturated rings. The minimum absolute atomic E-state index is 0.130. The molecule has 1 rings (SSSR count). The van der Waals surface area contributed by atoms with Gasteiger partial charge < -0.3 is 10.2 Å². The zero-order valence-corrected chi connectivity index (χ0v) is 10.9. The van der Waals surface area contributed by atoms with Crippen LogP contribution in [0.3, 0.4) is 0 Å². The summed E-state index contributed by atoms with van der Waals surface area (Å²) < 4.78 is 0. The SMILES string of the molecule is CC(C)N(CCCO)Cc1csc(C(=O)O)n1. The van der Waals surface area contributed by atoms with Gasteiger partial charge in [0.1, 0.15) is 0 Å². The molecule has 0 aliphatic carbocycles. The average molecular weight is 258 g/mol.